The molecule has 1 aromatic carbocycles. The third-order valence-electron chi connectivity index (χ3n) is 3.06. The molecule has 2 rings (SSSR count). The molecule has 0 atom stereocenters. The van der Waals surface area contributed by atoms with Gasteiger partial charge in [-0.15, -0.1) is 0 Å². The maximum absolute atomic E-state index is 9.27. The largest absolute Gasteiger partial charge is 0.508 e. The van der Waals surface area contributed by atoms with Crippen LogP contribution >= 0.6 is 0 Å². The van der Waals surface area contributed by atoms with Crippen molar-refractivity contribution in [2.24, 2.45) is 5.73 Å². The number of phenols is 1. The lowest BCUT2D eigenvalue weighted by Crippen LogP contribution is -2.43. The number of phenolic OH excluding ortho intramolecular Hbond substituents is 1. The number of aromatic hydroxyl groups is 1. The molecule has 102 valence electrons. The van der Waals surface area contributed by atoms with E-state index in [0.717, 1.165) is 23.5 Å². The Labute approximate surface area is 119 Å². The summed E-state index contributed by atoms with van der Waals surface area (Å²) in [5.41, 5.74) is 8.82. The summed E-state index contributed by atoms with van der Waals surface area (Å²) in [7, 11) is 0. The van der Waals surface area contributed by atoms with E-state index in [0.29, 0.717) is 6.54 Å². The Hall–Kier alpha value is -2.39. The molecule has 0 saturated carbocycles. The molecule has 0 aliphatic rings. The van der Waals surface area contributed by atoms with Crippen LogP contribution in [0.5, 0.6) is 5.75 Å². The lowest BCUT2D eigenvalue weighted by molar-refractivity contribution is -0.697. The fraction of sp³-hybridized carbons (Fsp3) is 0.118. The van der Waals surface area contributed by atoms with E-state index in [4.69, 9.17) is 5.73 Å². The summed E-state index contributed by atoms with van der Waals surface area (Å²) in [6.45, 7) is 5.16. The van der Waals surface area contributed by atoms with Gasteiger partial charge in [-0.1, -0.05) is 18.7 Å². The maximum Gasteiger partial charge on any atom is 0.205 e. The molecular formula is C17H19N2O+. The lowest BCUT2D eigenvalue weighted by atomic mass is 10.1. The Morgan fingerprint density at radius 3 is 2.40 bits per heavy atom. The summed E-state index contributed by atoms with van der Waals surface area (Å²) in [4.78, 5) is 0. The van der Waals surface area contributed by atoms with E-state index in [1.807, 2.05) is 48.6 Å². The Kier molecular flexibility index (Phi) is 4.69. The van der Waals surface area contributed by atoms with Gasteiger partial charge in [0.1, 0.15) is 5.75 Å². The fourth-order valence-corrected chi connectivity index (χ4v) is 2.05. The van der Waals surface area contributed by atoms with Gasteiger partial charge in [0, 0.05) is 24.3 Å². The third-order valence-corrected chi connectivity index (χ3v) is 3.06. The third kappa shape index (κ3) is 3.33. The summed E-state index contributed by atoms with van der Waals surface area (Å²) in [6.07, 6.45) is 5.87. The Morgan fingerprint density at radius 1 is 1.05 bits per heavy atom. The van der Waals surface area contributed by atoms with Gasteiger partial charge in [-0.25, -0.2) is 0 Å². The van der Waals surface area contributed by atoms with Crippen molar-refractivity contribution < 1.29 is 9.67 Å². The molecule has 3 N–H and O–H groups in total. The van der Waals surface area contributed by atoms with Crippen molar-refractivity contribution in [2.45, 2.75) is 6.54 Å². The number of aromatic nitrogens is 1. The minimum absolute atomic E-state index is 0.272. The number of nitrogens with two attached hydrogens (primary N) is 1. The summed E-state index contributed by atoms with van der Waals surface area (Å²) in [5.74, 6) is 0.272. The highest BCUT2D eigenvalue weighted by atomic mass is 16.3. The van der Waals surface area contributed by atoms with Crippen LogP contribution in [0.4, 0.5) is 0 Å². The van der Waals surface area contributed by atoms with Crippen LogP contribution in [-0.2, 0) is 6.54 Å². The number of benzene rings is 1. The van der Waals surface area contributed by atoms with Crippen molar-refractivity contribution in [2.75, 3.05) is 6.54 Å². The van der Waals surface area contributed by atoms with E-state index in [1.165, 1.54) is 0 Å². The zero-order valence-electron chi connectivity index (χ0n) is 11.4. The first kappa shape index (κ1) is 14.0. The molecule has 2 aromatic rings. The fourth-order valence-electron chi connectivity index (χ4n) is 2.05. The van der Waals surface area contributed by atoms with Crippen molar-refractivity contribution in [1.82, 2.24) is 0 Å². The molecule has 20 heavy (non-hydrogen) atoms. The SMILES string of the molecule is C=Cc1cccc(/C=C/c2ccc(O)cc2)[n+]1CCN. The van der Waals surface area contributed by atoms with E-state index in [9.17, 15) is 5.11 Å². The molecule has 0 spiro atoms. The molecule has 0 saturated heterocycles. The predicted molar refractivity (Wildman–Crippen MR) is 82.8 cm³/mol. The van der Waals surface area contributed by atoms with Gasteiger partial charge < -0.3 is 10.8 Å². The molecule has 0 aliphatic heterocycles. The van der Waals surface area contributed by atoms with Crippen LogP contribution in [0.3, 0.4) is 0 Å². The van der Waals surface area contributed by atoms with Gasteiger partial charge in [0.05, 0.1) is 6.54 Å². The van der Waals surface area contributed by atoms with Gasteiger partial charge in [-0.05, 0) is 29.8 Å². The molecule has 3 heteroatoms. The number of hydrogen-bond acceptors (Lipinski definition) is 2. The van der Waals surface area contributed by atoms with Crippen molar-refractivity contribution in [3.8, 4) is 5.75 Å². The molecule has 1 heterocycles. The van der Waals surface area contributed by atoms with Gasteiger partial charge in [0.25, 0.3) is 0 Å². The summed E-state index contributed by atoms with van der Waals surface area (Å²) in [5, 5.41) is 9.27. The molecule has 0 fully saturated rings. The minimum Gasteiger partial charge on any atom is -0.508 e. The molecule has 0 bridgehead atoms. The zero-order chi connectivity index (χ0) is 14.4. The number of pyridine rings is 1. The van der Waals surface area contributed by atoms with Crippen LogP contribution in [0, 0.1) is 0 Å². The highest BCUT2D eigenvalue weighted by Gasteiger charge is 2.10. The molecule has 3 nitrogen and oxygen atoms in total. The van der Waals surface area contributed by atoms with E-state index < -0.39 is 0 Å². The van der Waals surface area contributed by atoms with Gasteiger partial charge in [0.15, 0.2) is 6.54 Å². The zero-order valence-corrected chi connectivity index (χ0v) is 11.4. The second-order valence-corrected chi connectivity index (χ2v) is 4.44. The van der Waals surface area contributed by atoms with Crippen molar-refractivity contribution in [3.05, 3.63) is 66.0 Å². The molecule has 0 unspecified atom stereocenters. The smallest absolute Gasteiger partial charge is 0.205 e. The Morgan fingerprint density at radius 2 is 1.75 bits per heavy atom. The average molecular weight is 267 g/mol. The predicted octanol–water partition coefficient (Wildman–Crippen LogP) is 2.45. The standard InChI is InChI=1S/C17H18N2O/c1-2-15-4-3-5-16(19(15)13-12-18)9-6-14-7-10-17(20)11-8-14/h2-11H,1,12-13,18H2/p+1. The molecule has 1 aromatic heterocycles. The van der Waals surface area contributed by atoms with Crippen LogP contribution in [0.25, 0.3) is 18.2 Å². The van der Waals surface area contributed by atoms with Crippen molar-refractivity contribution in [1.29, 1.82) is 0 Å². The van der Waals surface area contributed by atoms with Gasteiger partial charge >= 0.3 is 0 Å². The second kappa shape index (κ2) is 6.68. The van der Waals surface area contributed by atoms with E-state index in [1.54, 1.807) is 12.1 Å². The van der Waals surface area contributed by atoms with Gasteiger partial charge in [-0.2, -0.15) is 4.57 Å². The highest BCUT2D eigenvalue weighted by Crippen LogP contribution is 2.12. The Balaban J connectivity index is 2.32. The van der Waals surface area contributed by atoms with E-state index in [-0.39, 0.29) is 5.75 Å². The van der Waals surface area contributed by atoms with Crippen LogP contribution in [0.15, 0.2) is 49.0 Å². The first-order valence-corrected chi connectivity index (χ1v) is 6.57. The number of nitrogens with zero attached hydrogens (tertiary/aromatic N) is 1. The molecule has 0 aliphatic carbocycles. The van der Waals surface area contributed by atoms with E-state index >= 15 is 0 Å². The van der Waals surface area contributed by atoms with Crippen molar-refractivity contribution >= 4 is 18.2 Å². The molecule has 0 amide bonds. The lowest BCUT2D eigenvalue weighted by Gasteiger charge is -2.03. The van der Waals surface area contributed by atoms with Crippen LogP contribution < -0.4 is 10.3 Å². The first-order chi connectivity index (χ1) is 9.74. The van der Waals surface area contributed by atoms with E-state index in [2.05, 4.69) is 11.1 Å². The monoisotopic (exact) mass is 267 g/mol. The number of hydrogen-bond donors (Lipinski definition) is 2. The second-order valence-electron chi connectivity index (χ2n) is 4.44. The molecular weight excluding hydrogens is 248 g/mol. The Bertz CT molecular complexity index is 615. The minimum atomic E-state index is 0.272. The highest BCUT2D eigenvalue weighted by molar-refractivity contribution is 5.67. The van der Waals surface area contributed by atoms with Crippen molar-refractivity contribution in [3.63, 3.8) is 0 Å². The summed E-state index contributed by atoms with van der Waals surface area (Å²) >= 11 is 0. The molecule has 0 radical (unpaired) electrons. The summed E-state index contributed by atoms with van der Waals surface area (Å²) in [6, 6.07) is 13.1. The first-order valence-electron chi connectivity index (χ1n) is 6.57. The topological polar surface area (TPSA) is 50.1 Å². The van der Waals surface area contributed by atoms with Gasteiger partial charge in [-0.3, -0.25) is 0 Å². The van der Waals surface area contributed by atoms with Crippen LogP contribution in [0.2, 0.25) is 0 Å². The quantitative estimate of drug-likeness (QED) is 0.818. The maximum atomic E-state index is 9.27. The van der Waals surface area contributed by atoms with Crippen LogP contribution in [-0.4, -0.2) is 11.7 Å². The summed E-state index contributed by atoms with van der Waals surface area (Å²) < 4.78 is 2.13. The number of rotatable bonds is 5. The average Bonchev–Trinajstić information content (AvgIpc) is 2.48. The normalized spacial score (nSPS) is 10.8. The van der Waals surface area contributed by atoms with Gasteiger partial charge in [0.2, 0.25) is 11.4 Å². The van der Waals surface area contributed by atoms with Crippen LogP contribution in [0.1, 0.15) is 17.0 Å².